The lowest BCUT2D eigenvalue weighted by Gasteiger charge is -2.44. The average Bonchev–Trinajstić information content (AvgIpc) is 2.94. The molecule has 1 heterocycles. The lowest BCUT2D eigenvalue weighted by atomic mass is 10.2. The van der Waals surface area contributed by atoms with Crippen LogP contribution < -0.4 is 15.9 Å². The number of hydrogen-bond acceptors (Lipinski definition) is 7. The summed E-state index contributed by atoms with van der Waals surface area (Å²) in [5.41, 5.74) is 0.196. The predicted molar refractivity (Wildman–Crippen MR) is 151 cm³/mol. The van der Waals surface area contributed by atoms with Gasteiger partial charge < -0.3 is 9.47 Å². The molecule has 196 valence electrons. The summed E-state index contributed by atoms with van der Waals surface area (Å²) in [7, 11) is 1.29. The maximum absolute atomic E-state index is 13.8. The summed E-state index contributed by atoms with van der Waals surface area (Å²) in [6.07, 6.45) is -0.362. The van der Waals surface area contributed by atoms with Gasteiger partial charge in [0.2, 0.25) is 11.0 Å². The molecule has 1 atom stereocenters. The highest BCUT2D eigenvalue weighted by molar-refractivity contribution is 8.14. The molecule has 0 aromatic heterocycles. The van der Waals surface area contributed by atoms with Crippen molar-refractivity contribution in [2.75, 3.05) is 13.7 Å². The van der Waals surface area contributed by atoms with Gasteiger partial charge in [-0.05, 0) is 22.8 Å². The number of esters is 2. The molecule has 3 aromatic rings. The summed E-state index contributed by atoms with van der Waals surface area (Å²) < 4.78 is 10.2. The van der Waals surface area contributed by atoms with E-state index in [1.165, 1.54) is 12.0 Å². The fourth-order valence-electron chi connectivity index (χ4n) is 4.52. The molecule has 0 spiro atoms. The van der Waals surface area contributed by atoms with Crippen molar-refractivity contribution in [1.82, 2.24) is 4.90 Å². The number of carbonyl (C=O) groups is 4. The van der Waals surface area contributed by atoms with Gasteiger partial charge in [0.1, 0.15) is 11.8 Å². The average molecular weight is 550 g/mol. The van der Waals surface area contributed by atoms with Crippen LogP contribution in [0.2, 0.25) is 0 Å². The normalized spacial score (nSPS) is 14.8. The molecule has 7 nitrogen and oxygen atoms in total. The van der Waals surface area contributed by atoms with E-state index in [-0.39, 0.29) is 24.4 Å². The summed E-state index contributed by atoms with van der Waals surface area (Å²) in [6.45, 7) is -1.15. The van der Waals surface area contributed by atoms with E-state index in [0.717, 1.165) is 27.7 Å². The van der Waals surface area contributed by atoms with E-state index in [0.29, 0.717) is 0 Å². The van der Waals surface area contributed by atoms with Crippen LogP contribution in [0.4, 0.5) is 0 Å². The van der Waals surface area contributed by atoms with Crippen LogP contribution in [0.25, 0.3) is 0 Å². The molecule has 0 aliphatic carbocycles. The van der Waals surface area contributed by atoms with Gasteiger partial charge in [0.05, 0.1) is 25.5 Å². The summed E-state index contributed by atoms with van der Waals surface area (Å²) >= 11 is 0.865. The molecule has 3 aromatic carbocycles. The van der Waals surface area contributed by atoms with Crippen molar-refractivity contribution >= 4 is 62.9 Å². The molecule has 4 rings (SSSR count). The van der Waals surface area contributed by atoms with E-state index < -0.39 is 35.7 Å². The third kappa shape index (κ3) is 5.33. The molecule has 1 saturated heterocycles. The number of amides is 1. The molecule has 0 bridgehead atoms. The minimum absolute atomic E-state index is 0.0537. The lowest BCUT2D eigenvalue weighted by molar-refractivity contribution is -0.144. The largest absolute Gasteiger partial charge is 0.466 e. The van der Waals surface area contributed by atoms with Crippen molar-refractivity contribution < 1.29 is 28.7 Å². The number of hydrogen-bond donors (Lipinski definition) is 0. The van der Waals surface area contributed by atoms with Gasteiger partial charge in [-0.15, -0.1) is 0 Å². The van der Waals surface area contributed by atoms with Gasteiger partial charge >= 0.3 is 11.9 Å². The second-order valence-electron chi connectivity index (χ2n) is 8.39. The van der Waals surface area contributed by atoms with Gasteiger partial charge in [0.25, 0.3) is 0 Å². The Morgan fingerprint density at radius 3 is 1.74 bits per heavy atom. The number of thioether (sulfide) groups is 1. The minimum atomic E-state index is -2.98. The van der Waals surface area contributed by atoms with Crippen LogP contribution in [0.3, 0.4) is 0 Å². The molecule has 38 heavy (non-hydrogen) atoms. The molecule has 1 amide bonds. The third-order valence-electron chi connectivity index (χ3n) is 6.11. The van der Waals surface area contributed by atoms with E-state index in [9.17, 15) is 19.2 Å². The van der Waals surface area contributed by atoms with E-state index in [1.807, 2.05) is 91.0 Å². The number of likely N-dealkylation sites (tertiary alicyclic amines) is 1. The summed E-state index contributed by atoms with van der Waals surface area (Å²) in [5.74, 6) is -1.57. The van der Waals surface area contributed by atoms with E-state index in [4.69, 9.17) is 9.47 Å². The first-order valence-electron chi connectivity index (χ1n) is 12.1. The fraction of sp³-hybridized carbons (Fsp3) is 0.207. The van der Waals surface area contributed by atoms with E-state index in [1.54, 1.807) is 6.92 Å². The Balaban J connectivity index is 2.00. The third-order valence-corrected chi connectivity index (χ3v) is 11.4. The predicted octanol–water partition coefficient (Wildman–Crippen LogP) is 3.05. The molecule has 0 saturated carbocycles. The Morgan fingerprint density at radius 1 is 0.868 bits per heavy atom. The van der Waals surface area contributed by atoms with Crippen molar-refractivity contribution in [1.29, 1.82) is 0 Å². The van der Waals surface area contributed by atoms with Gasteiger partial charge in [-0.1, -0.05) is 103 Å². The molecule has 9 heteroatoms. The maximum atomic E-state index is 13.8. The van der Waals surface area contributed by atoms with E-state index >= 15 is 0 Å². The first kappa shape index (κ1) is 27.4. The summed E-state index contributed by atoms with van der Waals surface area (Å²) in [5, 5.41) is 1.49. The minimum Gasteiger partial charge on any atom is -0.466 e. The second kappa shape index (κ2) is 12.3. The number of nitrogens with zero attached hydrogens (tertiary/aromatic N) is 1. The van der Waals surface area contributed by atoms with Crippen LogP contribution in [0.5, 0.6) is 0 Å². The molecule has 0 N–H and O–H groups in total. The number of ether oxygens (including phenoxy) is 2. The van der Waals surface area contributed by atoms with E-state index in [2.05, 4.69) is 0 Å². The number of methoxy groups -OCH3 is 1. The van der Waals surface area contributed by atoms with Crippen LogP contribution in [0.15, 0.2) is 91.0 Å². The first-order valence-corrected chi connectivity index (χ1v) is 14.8. The zero-order valence-corrected chi connectivity index (χ0v) is 22.8. The molecule has 1 fully saturated rings. The highest BCUT2D eigenvalue weighted by Crippen LogP contribution is 2.49. The Morgan fingerprint density at radius 2 is 1.34 bits per heavy atom. The van der Waals surface area contributed by atoms with Crippen molar-refractivity contribution in [2.45, 2.75) is 25.1 Å². The molecule has 0 unspecified atom stereocenters. The monoisotopic (exact) mass is 549 g/mol. The number of β-lactam (4-membered cyclic amide) rings is 1. The lowest BCUT2D eigenvalue weighted by Crippen LogP contribution is -2.58. The molecule has 1 aliphatic heterocycles. The van der Waals surface area contributed by atoms with Gasteiger partial charge in [-0.3, -0.25) is 19.3 Å². The zero-order chi connectivity index (χ0) is 27.1. The zero-order valence-electron chi connectivity index (χ0n) is 21.1. The summed E-state index contributed by atoms with van der Waals surface area (Å²) in [6, 6.07) is 28.8. The van der Waals surface area contributed by atoms with Crippen LogP contribution in [-0.2, 0) is 28.7 Å². The van der Waals surface area contributed by atoms with Gasteiger partial charge in [0.15, 0.2) is 0 Å². The molecular formula is C29H28NO6PS. The van der Waals surface area contributed by atoms with Gasteiger partial charge in [-0.2, -0.15) is 0 Å². The Labute approximate surface area is 226 Å². The number of rotatable bonds is 9. The Kier molecular flexibility index (Phi) is 8.87. The molecular weight excluding hydrogens is 521 g/mol. The van der Waals surface area contributed by atoms with Crippen molar-refractivity contribution in [2.24, 2.45) is 0 Å². The quantitative estimate of drug-likeness (QED) is 0.175. The van der Waals surface area contributed by atoms with Crippen molar-refractivity contribution in [3.63, 3.8) is 0 Å². The Bertz CT molecular complexity index is 1270. The first-order chi connectivity index (χ1) is 18.4. The number of carbonyl (C=O) groups excluding carboxylic acids is 4. The van der Waals surface area contributed by atoms with Crippen molar-refractivity contribution in [3.8, 4) is 0 Å². The molecule has 0 radical (unpaired) electrons. The van der Waals surface area contributed by atoms with Gasteiger partial charge in [0, 0.05) is 6.89 Å². The summed E-state index contributed by atoms with van der Waals surface area (Å²) in [4.78, 5) is 53.0. The SMILES string of the molecule is CCOC(=O)CC(=O)S[C@@H]1CC(=O)N1C(C(=O)OC)=P(c1ccccc1)(c1ccccc1)c1ccccc1. The van der Waals surface area contributed by atoms with Crippen molar-refractivity contribution in [3.05, 3.63) is 91.0 Å². The number of benzene rings is 3. The molecule has 1 aliphatic rings. The van der Waals surface area contributed by atoms with Gasteiger partial charge in [-0.25, -0.2) is 4.79 Å². The van der Waals surface area contributed by atoms with Crippen LogP contribution in [0.1, 0.15) is 19.8 Å². The maximum Gasteiger partial charge on any atom is 0.355 e. The second-order valence-corrected chi connectivity index (χ2v) is 12.9. The fourth-order valence-corrected chi connectivity index (χ4v) is 10.1. The standard InChI is InChI=1S/C29H28NO6PS/c1-3-36-26(32)20-27(33)38-25-19-24(31)30(25)28(29(34)35-2)37(21-13-7-4-8-14-21,22-15-9-5-10-16-22)23-17-11-6-12-18-23/h4-18,25H,3,19-20H2,1-2H3/t25-/m1/s1. The highest BCUT2D eigenvalue weighted by atomic mass is 32.2. The Hall–Kier alpha value is -3.61. The van der Waals surface area contributed by atoms with Crippen LogP contribution in [-0.4, -0.2) is 52.4 Å². The highest BCUT2D eigenvalue weighted by Gasteiger charge is 2.48. The topological polar surface area (TPSA) is 90.0 Å². The van der Waals surface area contributed by atoms with Crippen LogP contribution in [0, 0.1) is 0 Å². The van der Waals surface area contributed by atoms with Crippen LogP contribution >= 0.6 is 18.6 Å². The smallest absolute Gasteiger partial charge is 0.355 e.